The number of sulfonamides is 2. The fraction of sp³-hybridized carbons (Fsp3) is 0.312. The number of benzene rings is 1. The van der Waals surface area contributed by atoms with Gasteiger partial charge in [0.25, 0.3) is 10.0 Å². The molecule has 1 fully saturated rings. The highest BCUT2D eigenvalue weighted by Crippen LogP contribution is 2.26. The van der Waals surface area contributed by atoms with Crippen molar-refractivity contribution in [2.24, 2.45) is 0 Å². The Morgan fingerprint density at radius 1 is 1.18 bits per heavy atom. The number of carboxylic acids is 1. The monoisotopic (exact) mass is 464 g/mol. The largest absolute Gasteiger partial charge is 0.478 e. The summed E-state index contributed by atoms with van der Waals surface area (Å²) >= 11 is 6.89. The fourth-order valence-corrected chi connectivity index (χ4v) is 7.21. The first-order valence-electron chi connectivity index (χ1n) is 8.20. The number of carbonyl (C=O) groups is 1. The van der Waals surface area contributed by atoms with E-state index in [1.54, 1.807) is 11.4 Å². The minimum absolute atomic E-state index is 0.114. The van der Waals surface area contributed by atoms with Crippen molar-refractivity contribution in [3.8, 4) is 0 Å². The number of nitrogens with zero attached hydrogens (tertiary/aromatic N) is 1. The summed E-state index contributed by atoms with van der Waals surface area (Å²) in [5, 5.41) is 11.0. The van der Waals surface area contributed by atoms with E-state index < -0.39 is 37.6 Å². The zero-order chi connectivity index (χ0) is 20.5. The molecule has 12 heteroatoms. The number of hydrogen-bond acceptors (Lipinski definition) is 6. The summed E-state index contributed by atoms with van der Waals surface area (Å²) in [6.07, 6.45) is 0.555. The van der Waals surface area contributed by atoms with Crippen LogP contribution in [-0.4, -0.2) is 51.3 Å². The van der Waals surface area contributed by atoms with Crippen LogP contribution in [0.15, 0.2) is 44.8 Å². The molecule has 2 N–H and O–H groups in total. The number of nitrogens with one attached hydrogen (secondary N) is 1. The number of aromatic carboxylic acids is 1. The van der Waals surface area contributed by atoms with Gasteiger partial charge in [-0.15, -0.1) is 11.3 Å². The average molecular weight is 465 g/mol. The van der Waals surface area contributed by atoms with E-state index in [0.29, 0.717) is 0 Å². The minimum atomic E-state index is -4.10. The summed E-state index contributed by atoms with van der Waals surface area (Å²) in [4.78, 5) is 11.0. The van der Waals surface area contributed by atoms with Crippen molar-refractivity contribution in [1.82, 2.24) is 9.03 Å². The molecule has 0 unspecified atom stereocenters. The van der Waals surface area contributed by atoms with Crippen LogP contribution in [-0.2, 0) is 20.0 Å². The van der Waals surface area contributed by atoms with E-state index in [1.165, 1.54) is 16.4 Å². The highest BCUT2D eigenvalue weighted by atomic mass is 35.5. The Kier molecular flexibility index (Phi) is 6.13. The Balaban J connectivity index is 1.72. The molecule has 0 spiro atoms. The molecule has 0 radical (unpaired) electrons. The maximum Gasteiger partial charge on any atom is 0.337 e. The SMILES string of the molecule is O=C(O)c1cc(Cl)ccc1S(=O)(=O)NC1CCN(S(=O)(=O)c2cccs2)CC1. The lowest BCUT2D eigenvalue weighted by atomic mass is 10.1. The molecular weight excluding hydrogens is 448 g/mol. The summed E-state index contributed by atoms with van der Waals surface area (Å²) < 4.78 is 54.4. The van der Waals surface area contributed by atoms with Gasteiger partial charge < -0.3 is 5.11 Å². The summed E-state index contributed by atoms with van der Waals surface area (Å²) in [6.45, 7) is 0.333. The van der Waals surface area contributed by atoms with Gasteiger partial charge in [0.2, 0.25) is 10.0 Å². The summed E-state index contributed by atoms with van der Waals surface area (Å²) in [6, 6.07) is 6.21. The molecule has 152 valence electrons. The molecule has 0 saturated carbocycles. The standard InChI is InChI=1S/C16H17ClN2O6S3/c17-11-3-4-14(13(10-11)16(20)21)27(22,23)18-12-5-7-19(8-6-12)28(24,25)15-2-1-9-26-15/h1-4,9-10,12,18H,5-8H2,(H,20,21). The molecule has 2 aromatic rings. The Morgan fingerprint density at radius 2 is 1.86 bits per heavy atom. The second kappa shape index (κ2) is 8.09. The van der Waals surface area contributed by atoms with Gasteiger partial charge in [0.1, 0.15) is 4.21 Å². The van der Waals surface area contributed by atoms with E-state index in [0.717, 1.165) is 23.5 Å². The normalized spacial score (nSPS) is 16.9. The topological polar surface area (TPSA) is 121 Å². The summed E-state index contributed by atoms with van der Waals surface area (Å²) in [7, 11) is -7.68. The smallest absolute Gasteiger partial charge is 0.337 e. The van der Waals surface area contributed by atoms with Crippen LogP contribution >= 0.6 is 22.9 Å². The first kappa shape index (κ1) is 21.2. The van der Waals surface area contributed by atoms with Crippen molar-refractivity contribution >= 4 is 49.0 Å². The molecule has 0 aliphatic carbocycles. The average Bonchev–Trinajstić information content (AvgIpc) is 3.17. The lowest BCUT2D eigenvalue weighted by Crippen LogP contribution is -2.46. The molecule has 1 aromatic carbocycles. The van der Waals surface area contributed by atoms with Crippen LogP contribution in [0.4, 0.5) is 0 Å². The van der Waals surface area contributed by atoms with Crippen molar-refractivity contribution in [3.05, 3.63) is 46.3 Å². The van der Waals surface area contributed by atoms with E-state index >= 15 is 0 Å². The van der Waals surface area contributed by atoms with Crippen LogP contribution < -0.4 is 4.72 Å². The van der Waals surface area contributed by atoms with Crippen LogP contribution in [0.25, 0.3) is 0 Å². The third-order valence-corrected chi connectivity index (χ3v) is 9.41. The Morgan fingerprint density at radius 3 is 2.43 bits per heavy atom. The number of piperidine rings is 1. The molecule has 0 bridgehead atoms. The molecule has 1 saturated heterocycles. The van der Waals surface area contributed by atoms with Gasteiger partial charge >= 0.3 is 5.97 Å². The Bertz CT molecular complexity index is 1080. The predicted octanol–water partition coefficient (Wildman–Crippen LogP) is 2.23. The van der Waals surface area contributed by atoms with Crippen molar-refractivity contribution in [2.45, 2.75) is 28.0 Å². The molecule has 8 nitrogen and oxygen atoms in total. The van der Waals surface area contributed by atoms with Gasteiger partial charge in [0.15, 0.2) is 0 Å². The van der Waals surface area contributed by atoms with E-state index in [2.05, 4.69) is 4.72 Å². The van der Waals surface area contributed by atoms with Gasteiger partial charge in [-0.25, -0.2) is 26.4 Å². The molecule has 0 atom stereocenters. The number of thiophene rings is 1. The minimum Gasteiger partial charge on any atom is -0.478 e. The maximum absolute atomic E-state index is 12.7. The first-order chi connectivity index (χ1) is 13.1. The van der Waals surface area contributed by atoms with Gasteiger partial charge in [-0.05, 0) is 42.5 Å². The summed E-state index contributed by atoms with van der Waals surface area (Å²) in [5.74, 6) is -1.40. The van der Waals surface area contributed by atoms with E-state index in [-0.39, 0.29) is 40.1 Å². The van der Waals surface area contributed by atoms with Gasteiger partial charge in [-0.3, -0.25) is 0 Å². The molecule has 3 rings (SSSR count). The lowest BCUT2D eigenvalue weighted by molar-refractivity contribution is 0.0692. The third-order valence-electron chi connectivity index (χ3n) is 4.33. The van der Waals surface area contributed by atoms with Crippen LogP contribution in [0.3, 0.4) is 0 Å². The van der Waals surface area contributed by atoms with Gasteiger partial charge in [-0.2, -0.15) is 4.31 Å². The molecule has 28 heavy (non-hydrogen) atoms. The van der Waals surface area contributed by atoms with Crippen molar-refractivity contribution in [2.75, 3.05) is 13.1 Å². The van der Waals surface area contributed by atoms with Gasteiger partial charge in [-0.1, -0.05) is 17.7 Å². The molecule has 1 aliphatic rings. The Hall–Kier alpha value is -1.50. The van der Waals surface area contributed by atoms with Gasteiger partial charge in [0, 0.05) is 24.2 Å². The van der Waals surface area contributed by atoms with E-state index in [1.807, 2.05) is 0 Å². The zero-order valence-corrected chi connectivity index (χ0v) is 17.6. The fourth-order valence-electron chi connectivity index (χ4n) is 2.94. The number of carboxylic acid groups (broad SMARTS) is 1. The van der Waals surface area contributed by atoms with Crippen LogP contribution in [0.5, 0.6) is 0 Å². The second-order valence-corrected chi connectivity index (χ2v) is 11.4. The van der Waals surface area contributed by atoms with Crippen molar-refractivity contribution in [3.63, 3.8) is 0 Å². The first-order valence-corrected chi connectivity index (χ1v) is 12.4. The van der Waals surface area contributed by atoms with Crippen molar-refractivity contribution in [1.29, 1.82) is 0 Å². The van der Waals surface area contributed by atoms with Crippen LogP contribution in [0.2, 0.25) is 5.02 Å². The molecule has 0 amide bonds. The zero-order valence-electron chi connectivity index (χ0n) is 14.4. The maximum atomic E-state index is 12.7. The highest BCUT2D eigenvalue weighted by Gasteiger charge is 2.32. The molecule has 1 aromatic heterocycles. The number of halogens is 1. The third kappa shape index (κ3) is 4.39. The molecule has 2 heterocycles. The predicted molar refractivity (Wildman–Crippen MR) is 105 cm³/mol. The summed E-state index contributed by atoms with van der Waals surface area (Å²) in [5.41, 5.74) is -0.419. The highest BCUT2D eigenvalue weighted by molar-refractivity contribution is 7.91. The van der Waals surface area contributed by atoms with E-state index in [9.17, 15) is 26.7 Å². The number of rotatable bonds is 6. The van der Waals surface area contributed by atoms with Crippen molar-refractivity contribution < 1.29 is 26.7 Å². The number of hydrogen-bond donors (Lipinski definition) is 2. The van der Waals surface area contributed by atoms with Gasteiger partial charge in [0.05, 0.1) is 10.5 Å². The van der Waals surface area contributed by atoms with Crippen LogP contribution in [0, 0.1) is 0 Å². The lowest BCUT2D eigenvalue weighted by Gasteiger charge is -2.31. The van der Waals surface area contributed by atoms with E-state index in [4.69, 9.17) is 11.6 Å². The van der Waals surface area contributed by atoms with Crippen LogP contribution in [0.1, 0.15) is 23.2 Å². The molecule has 1 aliphatic heterocycles. The molecular formula is C16H17ClN2O6S3. The second-order valence-electron chi connectivity index (χ2n) is 6.18. The Labute approximate surface area is 171 Å². The quantitative estimate of drug-likeness (QED) is 0.676.